The Kier molecular flexibility index (Phi) is 1.58. The third-order valence-electron chi connectivity index (χ3n) is 3.28. The van der Waals surface area contributed by atoms with Crippen LogP contribution in [0.5, 0.6) is 5.88 Å². The summed E-state index contributed by atoms with van der Waals surface area (Å²) in [5.41, 5.74) is 2.45. The van der Waals surface area contributed by atoms with Crippen molar-refractivity contribution in [2.75, 3.05) is 7.11 Å². The number of aromatic amines is 1. The maximum atomic E-state index is 5.28. The molecule has 0 unspecified atom stereocenters. The van der Waals surface area contributed by atoms with E-state index in [9.17, 15) is 0 Å². The smallest absolute Gasteiger partial charge is 0.226 e. The molecule has 78 valence electrons. The molecule has 1 aliphatic rings. The first kappa shape index (κ1) is 8.71. The third-order valence-corrected chi connectivity index (χ3v) is 3.28. The molecule has 0 aromatic carbocycles. The molecule has 1 N–H and O–H groups in total. The molecule has 0 aliphatic heterocycles. The molecule has 2 aromatic heterocycles. The van der Waals surface area contributed by atoms with E-state index >= 15 is 0 Å². The molecule has 1 aliphatic carbocycles. The molecule has 1 saturated carbocycles. The second-order valence-electron chi connectivity index (χ2n) is 4.37. The van der Waals surface area contributed by atoms with Gasteiger partial charge in [0, 0.05) is 6.20 Å². The maximum Gasteiger partial charge on any atom is 0.226 e. The molecule has 0 saturated heterocycles. The highest BCUT2D eigenvalue weighted by molar-refractivity contribution is 5.86. The minimum Gasteiger partial charge on any atom is -0.480 e. The van der Waals surface area contributed by atoms with Crippen LogP contribution in [0.2, 0.25) is 0 Å². The molecule has 0 atom stereocenters. The van der Waals surface area contributed by atoms with Gasteiger partial charge in [-0.1, -0.05) is 6.92 Å². The molecule has 2 heterocycles. The molecule has 0 bridgehead atoms. The molecule has 0 amide bonds. The fourth-order valence-corrected chi connectivity index (χ4v) is 2.02. The summed E-state index contributed by atoms with van der Waals surface area (Å²) >= 11 is 0. The first-order valence-electron chi connectivity index (χ1n) is 5.11. The Balaban J connectivity index is 2.31. The lowest BCUT2D eigenvalue weighted by molar-refractivity contribution is 0.402. The van der Waals surface area contributed by atoms with Crippen molar-refractivity contribution in [3.8, 4) is 5.88 Å². The van der Waals surface area contributed by atoms with E-state index in [2.05, 4.69) is 21.9 Å². The number of fused-ring (bicyclic) bond motifs is 1. The van der Waals surface area contributed by atoms with Crippen LogP contribution in [0.3, 0.4) is 0 Å². The highest BCUT2D eigenvalue weighted by atomic mass is 16.5. The summed E-state index contributed by atoms with van der Waals surface area (Å²) in [6, 6.07) is 0. The quantitative estimate of drug-likeness (QED) is 0.812. The Hall–Kier alpha value is -1.58. The number of hydrogen-bond donors (Lipinski definition) is 1. The van der Waals surface area contributed by atoms with Gasteiger partial charge in [-0.2, -0.15) is 0 Å². The van der Waals surface area contributed by atoms with Gasteiger partial charge in [0.25, 0.3) is 0 Å². The van der Waals surface area contributed by atoms with Crippen molar-refractivity contribution >= 4 is 11.0 Å². The third kappa shape index (κ3) is 1.14. The van der Waals surface area contributed by atoms with Gasteiger partial charge >= 0.3 is 0 Å². The summed E-state index contributed by atoms with van der Waals surface area (Å²) in [7, 11) is 1.65. The molecule has 0 spiro atoms. The van der Waals surface area contributed by atoms with Gasteiger partial charge in [0.15, 0.2) is 0 Å². The van der Waals surface area contributed by atoms with Crippen LogP contribution >= 0.6 is 0 Å². The van der Waals surface area contributed by atoms with Crippen LogP contribution in [0.1, 0.15) is 25.3 Å². The molecule has 4 nitrogen and oxygen atoms in total. The standard InChI is InChI=1S/C11H13N3O/c1-11(3-4-11)7-5-12-9-8(7)10(15-2)14-6-13-9/h5-6H,3-4H2,1-2H3,(H,12,13,14). The van der Waals surface area contributed by atoms with Gasteiger partial charge in [-0.25, -0.2) is 9.97 Å². The van der Waals surface area contributed by atoms with E-state index in [1.54, 1.807) is 7.11 Å². The fourth-order valence-electron chi connectivity index (χ4n) is 2.02. The lowest BCUT2D eigenvalue weighted by Gasteiger charge is -2.07. The largest absolute Gasteiger partial charge is 0.480 e. The van der Waals surface area contributed by atoms with Crippen molar-refractivity contribution in [1.82, 2.24) is 15.0 Å². The number of ether oxygens (including phenoxy) is 1. The van der Waals surface area contributed by atoms with E-state index in [4.69, 9.17) is 4.74 Å². The van der Waals surface area contributed by atoms with Crippen molar-refractivity contribution in [3.05, 3.63) is 18.1 Å². The van der Waals surface area contributed by atoms with Crippen LogP contribution < -0.4 is 4.74 Å². The zero-order valence-corrected chi connectivity index (χ0v) is 8.87. The Bertz CT molecular complexity index is 514. The molecule has 2 aromatic rings. The lowest BCUT2D eigenvalue weighted by atomic mass is 9.99. The first-order chi connectivity index (χ1) is 7.24. The van der Waals surface area contributed by atoms with Crippen molar-refractivity contribution in [1.29, 1.82) is 0 Å². The number of nitrogens with one attached hydrogen (secondary N) is 1. The van der Waals surface area contributed by atoms with Gasteiger partial charge < -0.3 is 9.72 Å². The van der Waals surface area contributed by atoms with Gasteiger partial charge in [0.05, 0.1) is 12.5 Å². The van der Waals surface area contributed by atoms with E-state index in [0.717, 1.165) is 11.0 Å². The molecular weight excluding hydrogens is 190 g/mol. The van der Waals surface area contributed by atoms with E-state index in [1.165, 1.54) is 24.7 Å². The molecule has 3 rings (SSSR count). The number of hydrogen-bond acceptors (Lipinski definition) is 3. The van der Waals surface area contributed by atoms with Crippen LogP contribution in [-0.2, 0) is 5.41 Å². The molecule has 0 radical (unpaired) electrons. The average Bonchev–Trinajstić information content (AvgIpc) is 2.84. The molecule has 1 fully saturated rings. The topological polar surface area (TPSA) is 50.8 Å². The van der Waals surface area contributed by atoms with Crippen LogP contribution in [-0.4, -0.2) is 22.1 Å². The molecule has 15 heavy (non-hydrogen) atoms. The highest BCUT2D eigenvalue weighted by Gasteiger charge is 2.41. The Morgan fingerprint density at radius 3 is 2.87 bits per heavy atom. The summed E-state index contributed by atoms with van der Waals surface area (Å²) in [4.78, 5) is 11.5. The monoisotopic (exact) mass is 203 g/mol. The summed E-state index contributed by atoms with van der Waals surface area (Å²) in [5.74, 6) is 0.671. The summed E-state index contributed by atoms with van der Waals surface area (Å²) in [6.07, 6.45) is 6.03. The van der Waals surface area contributed by atoms with Crippen molar-refractivity contribution < 1.29 is 4.74 Å². The highest BCUT2D eigenvalue weighted by Crippen LogP contribution is 2.50. The van der Waals surface area contributed by atoms with Crippen molar-refractivity contribution in [2.24, 2.45) is 0 Å². The zero-order chi connectivity index (χ0) is 10.5. The minimum atomic E-state index is 0.302. The van der Waals surface area contributed by atoms with E-state index in [1.807, 2.05) is 6.20 Å². The number of aromatic nitrogens is 3. The normalized spacial score (nSPS) is 18.0. The van der Waals surface area contributed by atoms with Gasteiger partial charge in [-0.15, -0.1) is 0 Å². The van der Waals surface area contributed by atoms with E-state index in [-0.39, 0.29) is 0 Å². The number of rotatable bonds is 2. The van der Waals surface area contributed by atoms with Crippen LogP contribution in [0.4, 0.5) is 0 Å². The predicted molar refractivity (Wildman–Crippen MR) is 57.0 cm³/mol. The first-order valence-corrected chi connectivity index (χ1v) is 5.11. The number of nitrogens with zero attached hydrogens (tertiary/aromatic N) is 2. The van der Waals surface area contributed by atoms with Gasteiger partial charge in [-0.05, 0) is 23.8 Å². The Labute approximate surface area is 87.7 Å². The van der Waals surface area contributed by atoms with Crippen LogP contribution in [0.25, 0.3) is 11.0 Å². The Morgan fingerprint density at radius 1 is 1.40 bits per heavy atom. The SMILES string of the molecule is COc1ncnc2[nH]cc(C3(C)CC3)c12. The zero-order valence-electron chi connectivity index (χ0n) is 8.87. The number of H-pyrrole nitrogens is 1. The summed E-state index contributed by atoms with van der Waals surface area (Å²) in [6.45, 7) is 2.27. The van der Waals surface area contributed by atoms with Gasteiger partial charge in [0.1, 0.15) is 12.0 Å². The van der Waals surface area contributed by atoms with Crippen molar-refractivity contribution in [2.45, 2.75) is 25.2 Å². The molecular formula is C11H13N3O. The minimum absolute atomic E-state index is 0.302. The second-order valence-corrected chi connectivity index (χ2v) is 4.37. The maximum absolute atomic E-state index is 5.28. The van der Waals surface area contributed by atoms with Crippen LogP contribution in [0, 0.1) is 0 Å². The van der Waals surface area contributed by atoms with E-state index in [0.29, 0.717) is 11.3 Å². The molecule has 4 heteroatoms. The fraction of sp³-hybridized carbons (Fsp3) is 0.455. The predicted octanol–water partition coefficient (Wildman–Crippen LogP) is 2.02. The Morgan fingerprint density at radius 2 is 2.20 bits per heavy atom. The summed E-state index contributed by atoms with van der Waals surface area (Å²) < 4.78 is 5.28. The van der Waals surface area contributed by atoms with Gasteiger partial charge in [-0.3, -0.25) is 0 Å². The van der Waals surface area contributed by atoms with Crippen LogP contribution in [0.15, 0.2) is 12.5 Å². The van der Waals surface area contributed by atoms with E-state index < -0.39 is 0 Å². The van der Waals surface area contributed by atoms with Crippen molar-refractivity contribution in [3.63, 3.8) is 0 Å². The second kappa shape index (κ2) is 2.72. The summed E-state index contributed by atoms with van der Waals surface area (Å²) in [5, 5.41) is 1.04. The number of methoxy groups -OCH3 is 1. The average molecular weight is 203 g/mol. The lowest BCUT2D eigenvalue weighted by Crippen LogP contribution is -1.99. The van der Waals surface area contributed by atoms with Gasteiger partial charge in [0.2, 0.25) is 5.88 Å².